The number of nitrogens with two attached hydrogens (primary N) is 1. The second kappa shape index (κ2) is 6.62. The SMILES string of the molecule is CS(=O)(=O)c1sc(C(=N)N)cc1S(=O)(=O)c1cccc(-c2ccsc2)c1. The van der Waals surface area contributed by atoms with Gasteiger partial charge in [0, 0.05) is 6.26 Å². The van der Waals surface area contributed by atoms with E-state index in [-0.39, 0.29) is 24.7 Å². The molecule has 26 heavy (non-hydrogen) atoms. The summed E-state index contributed by atoms with van der Waals surface area (Å²) in [5.74, 6) is -0.381. The Bertz CT molecular complexity index is 1190. The molecule has 136 valence electrons. The van der Waals surface area contributed by atoms with Gasteiger partial charge in [0.05, 0.1) is 9.77 Å². The van der Waals surface area contributed by atoms with Crippen LogP contribution in [0, 0.1) is 5.41 Å². The maximum atomic E-state index is 13.1. The molecule has 0 aliphatic carbocycles. The van der Waals surface area contributed by atoms with Gasteiger partial charge in [-0.25, -0.2) is 16.8 Å². The average Bonchev–Trinajstić information content (AvgIpc) is 3.24. The van der Waals surface area contributed by atoms with Gasteiger partial charge in [-0.3, -0.25) is 5.41 Å². The predicted molar refractivity (Wildman–Crippen MR) is 104 cm³/mol. The van der Waals surface area contributed by atoms with Gasteiger partial charge < -0.3 is 5.73 Å². The van der Waals surface area contributed by atoms with E-state index < -0.39 is 19.7 Å². The van der Waals surface area contributed by atoms with Crippen LogP contribution in [0.15, 0.2) is 61.2 Å². The first-order valence-electron chi connectivity index (χ1n) is 7.17. The van der Waals surface area contributed by atoms with E-state index in [4.69, 9.17) is 11.1 Å². The molecule has 3 aromatic rings. The number of benzene rings is 1. The summed E-state index contributed by atoms with van der Waals surface area (Å²) >= 11 is 2.17. The topological polar surface area (TPSA) is 118 Å². The van der Waals surface area contributed by atoms with Gasteiger partial charge in [-0.1, -0.05) is 12.1 Å². The van der Waals surface area contributed by atoms with E-state index in [1.165, 1.54) is 23.5 Å². The minimum absolute atomic E-state index is 0.0148. The molecule has 1 aromatic carbocycles. The first-order chi connectivity index (χ1) is 12.1. The molecule has 3 N–H and O–H groups in total. The second-order valence-electron chi connectivity index (χ2n) is 5.49. The summed E-state index contributed by atoms with van der Waals surface area (Å²) in [6.07, 6.45) is 0.934. The third kappa shape index (κ3) is 3.45. The molecule has 0 bridgehead atoms. The van der Waals surface area contributed by atoms with E-state index in [0.29, 0.717) is 11.3 Å². The molecule has 0 radical (unpaired) electrons. The number of hydrogen-bond donors (Lipinski definition) is 2. The normalized spacial score (nSPS) is 12.2. The van der Waals surface area contributed by atoms with Crippen LogP contribution in [0.5, 0.6) is 0 Å². The zero-order valence-corrected chi connectivity index (χ0v) is 16.7. The summed E-state index contributed by atoms with van der Waals surface area (Å²) < 4.78 is 50.0. The van der Waals surface area contributed by atoms with Crippen LogP contribution in [-0.4, -0.2) is 28.9 Å². The number of nitrogen functional groups attached to an aromatic ring is 1. The lowest BCUT2D eigenvalue weighted by atomic mass is 10.1. The molecule has 3 rings (SSSR count). The standard InChI is InChI=1S/C16H14N2O4S4/c1-25(19,20)16-14(8-13(24-16)15(17)18)26(21,22)12-4-2-3-10(7-12)11-5-6-23-9-11/h2-9H,1H3,(H3,17,18). The van der Waals surface area contributed by atoms with E-state index in [1.807, 2.05) is 16.8 Å². The maximum absolute atomic E-state index is 13.1. The smallest absolute Gasteiger partial charge is 0.208 e. The number of rotatable bonds is 5. The van der Waals surface area contributed by atoms with Crippen LogP contribution >= 0.6 is 22.7 Å². The van der Waals surface area contributed by atoms with Crippen molar-refractivity contribution in [3.63, 3.8) is 0 Å². The summed E-state index contributed by atoms with van der Waals surface area (Å²) in [6, 6.07) is 9.34. The van der Waals surface area contributed by atoms with Gasteiger partial charge in [-0.2, -0.15) is 11.3 Å². The Morgan fingerprint density at radius 2 is 1.81 bits per heavy atom. The van der Waals surface area contributed by atoms with E-state index in [9.17, 15) is 16.8 Å². The lowest BCUT2D eigenvalue weighted by Gasteiger charge is -2.07. The van der Waals surface area contributed by atoms with Crippen LogP contribution in [0.25, 0.3) is 11.1 Å². The Kier molecular flexibility index (Phi) is 4.78. The molecule has 0 spiro atoms. The second-order valence-corrected chi connectivity index (χ2v) is 11.5. The monoisotopic (exact) mass is 426 g/mol. The van der Waals surface area contributed by atoms with Crippen molar-refractivity contribution in [2.75, 3.05) is 6.26 Å². The van der Waals surface area contributed by atoms with E-state index in [0.717, 1.165) is 23.4 Å². The Balaban J connectivity index is 2.21. The van der Waals surface area contributed by atoms with Crippen molar-refractivity contribution in [1.29, 1.82) is 5.41 Å². The molecule has 0 saturated carbocycles. The van der Waals surface area contributed by atoms with Crippen LogP contribution in [-0.2, 0) is 19.7 Å². The van der Waals surface area contributed by atoms with Gasteiger partial charge in [0.2, 0.25) is 9.84 Å². The fourth-order valence-corrected chi connectivity index (χ4v) is 7.54. The first kappa shape index (κ1) is 18.8. The quantitative estimate of drug-likeness (QED) is 0.480. The third-order valence-corrected chi connectivity index (χ3v) is 9.29. The number of sulfone groups is 2. The Hall–Kier alpha value is -2.01. The molecule has 0 aliphatic heterocycles. The van der Waals surface area contributed by atoms with E-state index >= 15 is 0 Å². The minimum atomic E-state index is -4.10. The van der Waals surface area contributed by atoms with Gasteiger partial charge in [-0.15, -0.1) is 11.3 Å². The minimum Gasteiger partial charge on any atom is -0.383 e. The summed E-state index contributed by atoms with van der Waals surface area (Å²) in [5.41, 5.74) is 7.01. The van der Waals surface area contributed by atoms with Crippen molar-refractivity contribution in [2.24, 2.45) is 5.73 Å². The molecule has 2 aromatic heterocycles. The highest BCUT2D eigenvalue weighted by Gasteiger charge is 2.30. The molecule has 0 unspecified atom stereocenters. The highest BCUT2D eigenvalue weighted by Crippen LogP contribution is 2.35. The van der Waals surface area contributed by atoms with Crippen LogP contribution in [0.4, 0.5) is 0 Å². The van der Waals surface area contributed by atoms with Crippen molar-refractivity contribution in [3.8, 4) is 11.1 Å². The molecule has 0 amide bonds. The summed E-state index contributed by atoms with van der Waals surface area (Å²) in [6.45, 7) is 0. The number of hydrogen-bond acceptors (Lipinski definition) is 7. The zero-order chi connectivity index (χ0) is 19.1. The average molecular weight is 427 g/mol. The number of nitrogens with one attached hydrogen (secondary N) is 1. The number of amidine groups is 1. The Morgan fingerprint density at radius 3 is 2.38 bits per heavy atom. The Labute approximate surface area is 159 Å². The highest BCUT2D eigenvalue weighted by molar-refractivity contribution is 7.95. The van der Waals surface area contributed by atoms with Crippen LogP contribution in [0.3, 0.4) is 0 Å². The van der Waals surface area contributed by atoms with E-state index in [1.54, 1.807) is 12.1 Å². The lowest BCUT2D eigenvalue weighted by Crippen LogP contribution is -2.09. The first-order valence-corrected chi connectivity index (χ1v) is 12.3. The highest BCUT2D eigenvalue weighted by atomic mass is 32.2. The Morgan fingerprint density at radius 1 is 1.08 bits per heavy atom. The largest absolute Gasteiger partial charge is 0.383 e. The summed E-state index contributed by atoms with van der Waals surface area (Å²) in [4.78, 5) is -0.269. The van der Waals surface area contributed by atoms with Gasteiger partial charge >= 0.3 is 0 Å². The fraction of sp³-hybridized carbons (Fsp3) is 0.0625. The maximum Gasteiger partial charge on any atom is 0.208 e. The number of thiophene rings is 2. The molecular formula is C16H14N2O4S4. The molecule has 10 heteroatoms. The van der Waals surface area contributed by atoms with Crippen LogP contribution in [0.1, 0.15) is 4.88 Å². The summed E-state index contributed by atoms with van der Waals surface area (Å²) in [5, 5.41) is 11.3. The molecule has 0 aliphatic rings. The van der Waals surface area contributed by atoms with Gasteiger partial charge in [0.1, 0.15) is 14.9 Å². The molecule has 6 nitrogen and oxygen atoms in total. The van der Waals surface area contributed by atoms with Gasteiger partial charge in [0.25, 0.3) is 0 Å². The molecule has 0 atom stereocenters. The van der Waals surface area contributed by atoms with Crippen molar-refractivity contribution in [3.05, 3.63) is 52.0 Å². The molecule has 0 fully saturated rings. The molecule has 0 saturated heterocycles. The molecule has 2 heterocycles. The lowest BCUT2D eigenvalue weighted by molar-refractivity contribution is 0.588. The molecular weight excluding hydrogens is 412 g/mol. The van der Waals surface area contributed by atoms with Crippen molar-refractivity contribution in [2.45, 2.75) is 14.0 Å². The fourth-order valence-electron chi connectivity index (χ4n) is 2.33. The van der Waals surface area contributed by atoms with Crippen LogP contribution in [0.2, 0.25) is 0 Å². The van der Waals surface area contributed by atoms with Gasteiger partial charge in [-0.05, 0) is 46.2 Å². The van der Waals surface area contributed by atoms with Crippen molar-refractivity contribution in [1.82, 2.24) is 0 Å². The third-order valence-electron chi connectivity index (χ3n) is 3.56. The zero-order valence-electron chi connectivity index (χ0n) is 13.5. The van der Waals surface area contributed by atoms with E-state index in [2.05, 4.69) is 0 Å². The summed E-state index contributed by atoms with van der Waals surface area (Å²) in [7, 11) is -7.90. The van der Waals surface area contributed by atoms with Crippen LogP contribution < -0.4 is 5.73 Å². The predicted octanol–water partition coefficient (Wildman–Crippen LogP) is 3.00. The van der Waals surface area contributed by atoms with Crippen molar-refractivity contribution >= 4 is 48.2 Å². The van der Waals surface area contributed by atoms with Crippen molar-refractivity contribution < 1.29 is 16.8 Å². The van der Waals surface area contributed by atoms with Gasteiger partial charge in [0.15, 0.2) is 9.84 Å².